The van der Waals surface area contributed by atoms with Crippen LogP contribution in [0.2, 0.25) is 0 Å². The van der Waals surface area contributed by atoms with E-state index < -0.39 is 0 Å². The number of benzene rings is 3. The zero-order chi connectivity index (χ0) is 22.8. The van der Waals surface area contributed by atoms with Crippen LogP contribution in [-0.4, -0.2) is 30.0 Å². The van der Waals surface area contributed by atoms with Crippen LogP contribution in [0.1, 0.15) is 17.3 Å². The average Bonchev–Trinajstić information content (AvgIpc) is 2.83. The second kappa shape index (κ2) is 8.63. The molecule has 2 N–H and O–H groups in total. The molecule has 164 valence electrons. The minimum atomic E-state index is -0.239. The minimum absolute atomic E-state index is 0.154. The third-order valence-corrected chi connectivity index (χ3v) is 5.32. The van der Waals surface area contributed by atoms with Gasteiger partial charge in [-0.05, 0) is 53.6 Å². The largest absolute Gasteiger partial charge is 0.486 e. The van der Waals surface area contributed by atoms with Crippen LogP contribution < -0.4 is 20.1 Å². The Kier molecular flexibility index (Phi) is 5.36. The number of rotatable bonds is 4. The van der Waals surface area contributed by atoms with Gasteiger partial charge in [0.25, 0.3) is 5.91 Å². The van der Waals surface area contributed by atoms with Crippen molar-refractivity contribution >= 4 is 34.1 Å². The van der Waals surface area contributed by atoms with Crippen LogP contribution in [0.15, 0.2) is 72.9 Å². The van der Waals surface area contributed by atoms with Crippen molar-refractivity contribution in [3.63, 3.8) is 0 Å². The maximum atomic E-state index is 12.8. The van der Waals surface area contributed by atoms with Crippen molar-refractivity contribution in [1.82, 2.24) is 4.98 Å². The summed E-state index contributed by atoms with van der Waals surface area (Å²) < 4.78 is 11.1. The number of pyridine rings is 1. The van der Waals surface area contributed by atoms with Crippen molar-refractivity contribution in [3.8, 4) is 22.6 Å². The van der Waals surface area contributed by atoms with Crippen molar-refractivity contribution < 1.29 is 19.1 Å². The maximum absolute atomic E-state index is 12.8. The van der Waals surface area contributed by atoms with Gasteiger partial charge in [0, 0.05) is 29.8 Å². The van der Waals surface area contributed by atoms with Crippen LogP contribution in [-0.2, 0) is 4.79 Å². The van der Waals surface area contributed by atoms with E-state index in [4.69, 9.17) is 9.47 Å². The number of para-hydroxylation sites is 1. The standard InChI is InChI=1S/C26H21N3O4/c1-16(30)28-22-7-3-6-21-20(10-11-27-25(21)22)17-4-2-5-19(14-17)29-26(31)18-8-9-23-24(15-18)33-13-12-32-23/h2-11,14-15H,12-13H2,1H3,(H,28,30)(H,29,31). The van der Waals surface area contributed by atoms with Crippen LogP contribution in [0, 0.1) is 0 Å². The predicted molar refractivity (Wildman–Crippen MR) is 127 cm³/mol. The molecule has 0 spiro atoms. The maximum Gasteiger partial charge on any atom is 0.255 e. The fourth-order valence-electron chi connectivity index (χ4n) is 3.87. The first kappa shape index (κ1) is 20.5. The molecular formula is C26H21N3O4. The number of amides is 2. The summed E-state index contributed by atoms with van der Waals surface area (Å²) in [6, 6.07) is 20.3. The number of aromatic nitrogens is 1. The summed E-state index contributed by atoms with van der Waals surface area (Å²) in [6.45, 7) is 2.43. The Morgan fingerprint density at radius 3 is 2.55 bits per heavy atom. The number of nitrogens with one attached hydrogen (secondary N) is 2. The second-order valence-corrected chi connectivity index (χ2v) is 7.63. The molecule has 1 aromatic heterocycles. The van der Waals surface area contributed by atoms with E-state index in [-0.39, 0.29) is 11.8 Å². The van der Waals surface area contributed by atoms with Gasteiger partial charge < -0.3 is 20.1 Å². The number of fused-ring (bicyclic) bond motifs is 2. The Morgan fingerprint density at radius 2 is 1.70 bits per heavy atom. The van der Waals surface area contributed by atoms with Gasteiger partial charge in [0.15, 0.2) is 11.5 Å². The number of ether oxygens (including phenoxy) is 2. The normalized spacial score (nSPS) is 12.3. The van der Waals surface area contributed by atoms with Gasteiger partial charge in [0.1, 0.15) is 13.2 Å². The number of anilines is 2. The Hall–Kier alpha value is -4.39. The Morgan fingerprint density at radius 1 is 0.879 bits per heavy atom. The highest BCUT2D eigenvalue weighted by molar-refractivity contribution is 6.06. The van der Waals surface area contributed by atoms with Crippen molar-refractivity contribution in [2.24, 2.45) is 0 Å². The first-order chi connectivity index (χ1) is 16.1. The summed E-state index contributed by atoms with van der Waals surface area (Å²) in [6.07, 6.45) is 1.71. The smallest absolute Gasteiger partial charge is 0.255 e. The lowest BCUT2D eigenvalue weighted by Gasteiger charge is -2.18. The number of hydrogen-bond donors (Lipinski definition) is 2. The summed E-state index contributed by atoms with van der Waals surface area (Å²) in [4.78, 5) is 28.9. The van der Waals surface area contributed by atoms with E-state index in [9.17, 15) is 9.59 Å². The van der Waals surface area contributed by atoms with Crippen molar-refractivity contribution in [2.45, 2.75) is 6.92 Å². The van der Waals surface area contributed by atoms with Crippen LogP contribution in [0.4, 0.5) is 11.4 Å². The zero-order valence-corrected chi connectivity index (χ0v) is 17.9. The van der Waals surface area contributed by atoms with E-state index in [2.05, 4.69) is 15.6 Å². The highest BCUT2D eigenvalue weighted by Gasteiger charge is 2.16. The van der Waals surface area contributed by atoms with Crippen molar-refractivity contribution in [2.75, 3.05) is 23.8 Å². The molecule has 7 heteroatoms. The molecule has 0 radical (unpaired) electrons. The lowest BCUT2D eigenvalue weighted by atomic mass is 10.00. The van der Waals surface area contributed by atoms with Crippen molar-refractivity contribution in [1.29, 1.82) is 0 Å². The summed E-state index contributed by atoms with van der Waals surface area (Å²) in [5.41, 5.74) is 4.38. The quantitative estimate of drug-likeness (QED) is 0.473. The first-order valence-corrected chi connectivity index (χ1v) is 10.6. The number of carbonyl (C=O) groups excluding carboxylic acids is 2. The van der Waals surface area contributed by atoms with E-state index in [1.165, 1.54) is 6.92 Å². The summed E-state index contributed by atoms with van der Waals surface area (Å²) in [7, 11) is 0. The van der Waals surface area contributed by atoms with Gasteiger partial charge in [-0.1, -0.05) is 24.3 Å². The molecular weight excluding hydrogens is 418 g/mol. The molecule has 0 aliphatic carbocycles. The zero-order valence-electron chi connectivity index (χ0n) is 17.9. The summed E-state index contributed by atoms with van der Waals surface area (Å²) in [5.74, 6) is 0.819. The Labute approximate surface area is 190 Å². The third kappa shape index (κ3) is 4.21. The van der Waals surface area contributed by atoms with Crippen LogP contribution in [0.5, 0.6) is 11.5 Å². The van der Waals surface area contributed by atoms with Gasteiger partial charge in [-0.2, -0.15) is 0 Å². The number of nitrogens with zero attached hydrogens (tertiary/aromatic N) is 1. The lowest BCUT2D eigenvalue weighted by molar-refractivity contribution is -0.114. The third-order valence-electron chi connectivity index (χ3n) is 5.32. The monoisotopic (exact) mass is 439 g/mol. The molecule has 3 aromatic carbocycles. The molecule has 2 heterocycles. The SMILES string of the molecule is CC(=O)Nc1cccc2c(-c3cccc(NC(=O)c4ccc5c(c4)OCCO5)c3)ccnc12. The van der Waals surface area contributed by atoms with E-state index in [0.29, 0.717) is 47.2 Å². The van der Waals surface area contributed by atoms with E-state index in [0.717, 1.165) is 16.5 Å². The first-order valence-electron chi connectivity index (χ1n) is 10.6. The molecule has 0 atom stereocenters. The summed E-state index contributed by atoms with van der Waals surface area (Å²) >= 11 is 0. The van der Waals surface area contributed by atoms with E-state index in [1.54, 1.807) is 24.4 Å². The highest BCUT2D eigenvalue weighted by atomic mass is 16.6. The highest BCUT2D eigenvalue weighted by Crippen LogP contribution is 2.33. The number of carbonyl (C=O) groups is 2. The van der Waals surface area contributed by atoms with Crippen molar-refractivity contribution in [3.05, 3.63) is 78.5 Å². The molecule has 33 heavy (non-hydrogen) atoms. The molecule has 5 rings (SSSR count). The Bertz CT molecular complexity index is 1380. The van der Waals surface area contributed by atoms with Gasteiger partial charge in [-0.25, -0.2) is 0 Å². The molecule has 0 unspecified atom stereocenters. The second-order valence-electron chi connectivity index (χ2n) is 7.63. The summed E-state index contributed by atoms with van der Waals surface area (Å²) in [5, 5.41) is 6.68. The molecule has 0 saturated heterocycles. The molecule has 2 amide bonds. The minimum Gasteiger partial charge on any atom is -0.486 e. The Balaban J connectivity index is 1.45. The van der Waals surface area contributed by atoms with Crippen LogP contribution in [0.25, 0.3) is 22.0 Å². The van der Waals surface area contributed by atoms with E-state index in [1.807, 2.05) is 48.5 Å². The molecule has 1 aliphatic heterocycles. The lowest BCUT2D eigenvalue weighted by Crippen LogP contribution is -2.17. The molecule has 4 aromatic rings. The molecule has 0 fully saturated rings. The number of hydrogen-bond acceptors (Lipinski definition) is 5. The van der Waals surface area contributed by atoms with Gasteiger partial charge in [-0.15, -0.1) is 0 Å². The molecule has 7 nitrogen and oxygen atoms in total. The predicted octanol–water partition coefficient (Wildman–Crippen LogP) is 4.88. The van der Waals surface area contributed by atoms with Gasteiger partial charge >= 0.3 is 0 Å². The topological polar surface area (TPSA) is 89.6 Å². The average molecular weight is 439 g/mol. The fraction of sp³-hybridized carbons (Fsp3) is 0.115. The van der Waals surface area contributed by atoms with Crippen LogP contribution in [0.3, 0.4) is 0 Å². The van der Waals surface area contributed by atoms with Gasteiger partial charge in [-0.3, -0.25) is 14.6 Å². The molecule has 0 bridgehead atoms. The van der Waals surface area contributed by atoms with Gasteiger partial charge in [0.05, 0.1) is 11.2 Å². The molecule has 1 aliphatic rings. The van der Waals surface area contributed by atoms with Crippen LogP contribution >= 0.6 is 0 Å². The van der Waals surface area contributed by atoms with Gasteiger partial charge in [0.2, 0.25) is 5.91 Å². The molecule has 0 saturated carbocycles. The fourth-order valence-corrected chi connectivity index (χ4v) is 3.87. The van der Waals surface area contributed by atoms with E-state index >= 15 is 0 Å².